The van der Waals surface area contributed by atoms with Gasteiger partial charge < -0.3 is 4.90 Å². The highest BCUT2D eigenvalue weighted by Gasteiger charge is 2.25. The van der Waals surface area contributed by atoms with Crippen molar-refractivity contribution in [1.29, 1.82) is 0 Å². The second-order valence-electron chi connectivity index (χ2n) is 7.83. The first-order valence-electron chi connectivity index (χ1n) is 10.3. The van der Waals surface area contributed by atoms with E-state index in [2.05, 4.69) is 36.1 Å². The summed E-state index contributed by atoms with van der Waals surface area (Å²) in [6.45, 7) is 6.35. The Morgan fingerprint density at radius 1 is 0.923 bits per heavy atom. The third-order valence-electron chi connectivity index (χ3n) is 5.96. The Morgan fingerprint density at radius 3 is 2.27 bits per heavy atom. The number of carbonyl (C=O) groups excluding carboxylic acids is 2. The molecule has 1 aromatic rings. The number of hydrogen-bond acceptors (Lipinski definition) is 3. The van der Waals surface area contributed by atoms with Gasteiger partial charge in [-0.05, 0) is 75.7 Å². The van der Waals surface area contributed by atoms with Crippen molar-refractivity contribution in [2.45, 2.75) is 64.2 Å². The molecule has 0 atom stereocenters. The Labute approximate surface area is 157 Å². The average molecular weight is 357 g/mol. The third kappa shape index (κ3) is 4.94. The SMILES string of the molecule is Cc1ccccc1C1CCN(CCCCCN2C(=O)CCCC2=O)CC1. The molecule has 2 fully saturated rings. The highest BCUT2D eigenvalue weighted by molar-refractivity contribution is 5.97. The number of nitrogens with zero attached hydrogens (tertiary/aromatic N) is 2. The van der Waals surface area contributed by atoms with Gasteiger partial charge in [0.2, 0.25) is 11.8 Å². The van der Waals surface area contributed by atoms with Crippen molar-refractivity contribution in [3.8, 4) is 0 Å². The summed E-state index contributed by atoms with van der Waals surface area (Å²) in [5.41, 5.74) is 2.95. The van der Waals surface area contributed by atoms with Crippen LogP contribution in [0.5, 0.6) is 0 Å². The molecule has 0 saturated carbocycles. The summed E-state index contributed by atoms with van der Waals surface area (Å²) in [5.74, 6) is 0.766. The van der Waals surface area contributed by atoms with E-state index in [1.807, 2.05) is 0 Å². The molecule has 0 aromatic heterocycles. The van der Waals surface area contributed by atoms with E-state index in [9.17, 15) is 9.59 Å². The number of carbonyl (C=O) groups is 2. The molecule has 3 rings (SSSR count). The zero-order valence-corrected chi connectivity index (χ0v) is 16.1. The van der Waals surface area contributed by atoms with Crippen molar-refractivity contribution >= 4 is 11.8 Å². The summed E-state index contributed by atoms with van der Waals surface area (Å²) in [6, 6.07) is 8.80. The Bertz CT molecular complexity index is 604. The maximum absolute atomic E-state index is 11.8. The van der Waals surface area contributed by atoms with Gasteiger partial charge in [-0.2, -0.15) is 0 Å². The molecule has 2 heterocycles. The molecule has 142 valence electrons. The van der Waals surface area contributed by atoms with E-state index in [0.29, 0.717) is 25.3 Å². The summed E-state index contributed by atoms with van der Waals surface area (Å²) >= 11 is 0. The lowest BCUT2D eigenvalue weighted by molar-refractivity contribution is -0.148. The van der Waals surface area contributed by atoms with Gasteiger partial charge in [-0.25, -0.2) is 0 Å². The molecule has 0 bridgehead atoms. The van der Waals surface area contributed by atoms with Crippen molar-refractivity contribution in [2.24, 2.45) is 0 Å². The molecule has 4 nitrogen and oxygen atoms in total. The zero-order chi connectivity index (χ0) is 18.4. The first kappa shape index (κ1) is 19.1. The van der Waals surface area contributed by atoms with E-state index in [4.69, 9.17) is 0 Å². The van der Waals surface area contributed by atoms with Crippen LogP contribution in [0, 0.1) is 6.92 Å². The third-order valence-corrected chi connectivity index (χ3v) is 5.96. The van der Waals surface area contributed by atoms with Crippen molar-refractivity contribution < 1.29 is 9.59 Å². The molecule has 0 spiro atoms. The average Bonchev–Trinajstić information content (AvgIpc) is 2.65. The minimum atomic E-state index is 0.0273. The highest BCUT2D eigenvalue weighted by atomic mass is 16.2. The molecule has 0 unspecified atom stereocenters. The van der Waals surface area contributed by atoms with Crippen molar-refractivity contribution in [1.82, 2.24) is 9.80 Å². The van der Waals surface area contributed by atoms with E-state index in [1.165, 1.54) is 42.0 Å². The van der Waals surface area contributed by atoms with Crippen molar-refractivity contribution in [3.05, 3.63) is 35.4 Å². The smallest absolute Gasteiger partial charge is 0.229 e. The number of amides is 2. The first-order chi connectivity index (χ1) is 12.6. The fraction of sp³-hybridized carbons (Fsp3) is 0.636. The summed E-state index contributed by atoms with van der Waals surface area (Å²) in [4.78, 5) is 27.6. The number of rotatable bonds is 7. The van der Waals surface area contributed by atoms with Crippen LogP contribution >= 0.6 is 0 Å². The fourth-order valence-electron chi connectivity index (χ4n) is 4.34. The predicted molar refractivity (Wildman–Crippen MR) is 104 cm³/mol. The largest absolute Gasteiger partial charge is 0.303 e. The van der Waals surface area contributed by atoms with Crippen LogP contribution in [0.15, 0.2) is 24.3 Å². The van der Waals surface area contributed by atoms with Crippen LogP contribution in [-0.4, -0.2) is 47.8 Å². The minimum Gasteiger partial charge on any atom is -0.303 e. The molecule has 0 radical (unpaired) electrons. The molecule has 2 saturated heterocycles. The maximum Gasteiger partial charge on any atom is 0.229 e. The molecular formula is C22H32N2O2. The number of unbranched alkanes of at least 4 members (excludes halogenated alkanes) is 2. The van der Waals surface area contributed by atoms with E-state index in [0.717, 1.165) is 32.2 Å². The second-order valence-corrected chi connectivity index (χ2v) is 7.83. The topological polar surface area (TPSA) is 40.6 Å². The standard InChI is InChI=1S/C22H32N2O2/c1-18-8-3-4-9-20(18)19-12-16-23(17-13-19)14-5-2-6-15-24-21(25)10-7-11-22(24)26/h3-4,8-9,19H,2,5-7,10-17H2,1H3. The van der Waals surface area contributed by atoms with Gasteiger partial charge in [0, 0.05) is 19.4 Å². The number of piperidine rings is 2. The van der Waals surface area contributed by atoms with Crippen molar-refractivity contribution in [3.63, 3.8) is 0 Å². The Balaban J connectivity index is 1.31. The molecular weight excluding hydrogens is 324 g/mol. The summed E-state index contributed by atoms with van der Waals surface area (Å²) < 4.78 is 0. The number of hydrogen-bond donors (Lipinski definition) is 0. The van der Waals surface area contributed by atoms with Gasteiger partial charge in [-0.1, -0.05) is 30.7 Å². The van der Waals surface area contributed by atoms with E-state index >= 15 is 0 Å². The summed E-state index contributed by atoms with van der Waals surface area (Å²) in [6.07, 6.45) is 7.51. The molecule has 2 amide bonds. The first-order valence-corrected chi connectivity index (χ1v) is 10.3. The van der Waals surface area contributed by atoms with Gasteiger partial charge >= 0.3 is 0 Å². The lowest BCUT2D eigenvalue weighted by Gasteiger charge is -2.33. The van der Waals surface area contributed by atoms with E-state index < -0.39 is 0 Å². The van der Waals surface area contributed by atoms with Gasteiger partial charge in [0.05, 0.1) is 0 Å². The van der Waals surface area contributed by atoms with Gasteiger partial charge in [-0.3, -0.25) is 14.5 Å². The monoisotopic (exact) mass is 356 g/mol. The fourth-order valence-corrected chi connectivity index (χ4v) is 4.34. The van der Waals surface area contributed by atoms with Crippen LogP contribution in [0.4, 0.5) is 0 Å². The second kappa shape index (κ2) is 9.31. The predicted octanol–water partition coefficient (Wildman–Crippen LogP) is 3.88. The van der Waals surface area contributed by atoms with Gasteiger partial charge in [0.25, 0.3) is 0 Å². The van der Waals surface area contributed by atoms with E-state index in [1.54, 1.807) is 0 Å². The molecule has 1 aromatic carbocycles. The van der Waals surface area contributed by atoms with Crippen molar-refractivity contribution in [2.75, 3.05) is 26.2 Å². The summed E-state index contributed by atoms with van der Waals surface area (Å²) in [7, 11) is 0. The van der Waals surface area contributed by atoms with Crippen LogP contribution in [-0.2, 0) is 9.59 Å². The Morgan fingerprint density at radius 2 is 1.58 bits per heavy atom. The zero-order valence-electron chi connectivity index (χ0n) is 16.1. The molecule has 2 aliphatic heterocycles. The Kier molecular flexibility index (Phi) is 6.84. The minimum absolute atomic E-state index is 0.0273. The molecule has 0 aliphatic carbocycles. The van der Waals surface area contributed by atoms with Crippen LogP contribution in [0.2, 0.25) is 0 Å². The molecule has 26 heavy (non-hydrogen) atoms. The molecule has 2 aliphatic rings. The maximum atomic E-state index is 11.8. The summed E-state index contributed by atoms with van der Waals surface area (Å²) in [5, 5.41) is 0. The molecule has 4 heteroatoms. The number of benzene rings is 1. The van der Waals surface area contributed by atoms with Crippen LogP contribution in [0.1, 0.15) is 68.4 Å². The normalized spacial score (nSPS) is 20.0. The van der Waals surface area contributed by atoms with Gasteiger partial charge in [0.1, 0.15) is 0 Å². The van der Waals surface area contributed by atoms with Gasteiger partial charge in [0.15, 0.2) is 0 Å². The van der Waals surface area contributed by atoms with Crippen LogP contribution in [0.25, 0.3) is 0 Å². The van der Waals surface area contributed by atoms with Gasteiger partial charge in [-0.15, -0.1) is 0 Å². The molecule has 0 N–H and O–H groups in total. The Hall–Kier alpha value is -1.68. The quantitative estimate of drug-likeness (QED) is 0.550. The van der Waals surface area contributed by atoms with Crippen LogP contribution < -0.4 is 0 Å². The van der Waals surface area contributed by atoms with E-state index in [-0.39, 0.29) is 11.8 Å². The lowest BCUT2D eigenvalue weighted by Crippen LogP contribution is -2.40. The number of imide groups is 1. The van der Waals surface area contributed by atoms with Crippen LogP contribution in [0.3, 0.4) is 0 Å². The highest BCUT2D eigenvalue weighted by Crippen LogP contribution is 2.30. The number of aryl methyl sites for hydroxylation is 1. The lowest BCUT2D eigenvalue weighted by atomic mass is 9.87. The number of likely N-dealkylation sites (tertiary alicyclic amines) is 2.